The van der Waals surface area contributed by atoms with Gasteiger partial charge in [-0.2, -0.15) is 0 Å². The van der Waals surface area contributed by atoms with Crippen LogP contribution in [0.5, 0.6) is 0 Å². The van der Waals surface area contributed by atoms with E-state index in [2.05, 4.69) is 12.6 Å². The lowest BCUT2D eigenvalue weighted by atomic mass is 10.3. The number of hydrogen-bond donors (Lipinski definition) is 1. The maximum Gasteiger partial charge on any atom is 0.185 e. The molecule has 0 unspecified atom stereocenters. The number of hydrogen-bond acceptors (Lipinski definition) is 3. The molecule has 1 aromatic rings. The SMILES string of the molecule is Cc1cc(S)oc1C=O. The molecule has 0 spiro atoms. The van der Waals surface area contributed by atoms with Crippen LogP contribution in [0.2, 0.25) is 0 Å². The van der Waals surface area contributed by atoms with Gasteiger partial charge in [-0.1, -0.05) is 0 Å². The normalized spacial score (nSPS) is 9.56. The standard InChI is InChI=1S/C6H6O2S/c1-4-2-6(9)8-5(4)3-7/h2-3,9H,1H3. The van der Waals surface area contributed by atoms with Crippen LogP contribution in [0.4, 0.5) is 0 Å². The summed E-state index contributed by atoms with van der Waals surface area (Å²) in [6.45, 7) is 1.80. The van der Waals surface area contributed by atoms with Crippen molar-refractivity contribution in [2.75, 3.05) is 0 Å². The van der Waals surface area contributed by atoms with Gasteiger partial charge >= 0.3 is 0 Å². The van der Waals surface area contributed by atoms with Gasteiger partial charge in [-0.15, -0.1) is 12.6 Å². The van der Waals surface area contributed by atoms with Crippen molar-refractivity contribution in [3.63, 3.8) is 0 Å². The van der Waals surface area contributed by atoms with Gasteiger partial charge < -0.3 is 4.42 Å². The van der Waals surface area contributed by atoms with E-state index in [1.165, 1.54) is 0 Å². The molecule has 3 heteroatoms. The first-order chi connectivity index (χ1) is 4.24. The Kier molecular flexibility index (Phi) is 1.62. The Morgan fingerprint density at radius 3 is 2.67 bits per heavy atom. The van der Waals surface area contributed by atoms with Crippen LogP contribution in [0, 0.1) is 6.92 Å². The molecule has 0 radical (unpaired) electrons. The Hall–Kier alpha value is -0.700. The molecule has 0 saturated carbocycles. The Balaban J connectivity index is 3.15. The molecular formula is C6H6O2S. The number of carbonyl (C=O) groups is 1. The summed E-state index contributed by atoms with van der Waals surface area (Å²) in [5.41, 5.74) is 0.829. The third kappa shape index (κ3) is 1.16. The second-order valence-electron chi connectivity index (χ2n) is 1.75. The fraction of sp³-hybridized carbons (Fsp3) is 0.167. The molecule has 0 bridgehead atoms. The molecule has 0 aromatic carbocycles. The van der Waals surface area contributed by atoms with Crippen LogP contribution < -0.4 is 0 Å². The molecular weight excluding hydrogens is 136 g/mol. The van der Waals surface area contributed by atoms with Crippen molar-refractivity contribution in [2.24, 2.45) is 0 Å². The summed E-state index contributed by atoms with van der Waals surface area (Å²) in [6.07, 6.45) is 0.676. The van der Waals surface area contributed by atoms with Crippen LogP contribution in [-0.4, -0.2) is 6.29 Å². The highest BCUT2D eigenvalue weighted by molar-refractivity contribution is 7.80. The van der Waals surface area contributed by atoms with Crippen molar-refractivity contribution < 1.29 is 9.21 Å². The molecule has 48 valence electrons. The van der Waals surface area contributed by atoms with Gasteiger partial charge in [0.05, 0.1) is 0 Å². The second-order valence-corrected chi connectivity index (χ2v) is 2.19. The highest BCUT2D eigenvalue weighted by Gasteiger charge is 2.01. The van der Waals surface area contributed by atoms with Gasteiger partial charge in [0, 0.05) is 0 Å². The Labute approximate surface area is 58.3 Å². The van der Waals surface area contributed by atoms with Crippen LogP contribution in [0.1, 0.15) is 16.1 Å². The van der Waals surface area contributed by atoms with E-state index in [0.29, 0.717) is 17.1 Å². The molecule has 1 heterocycles. The average Bonchev–Trinajstić information content (AvgIpc) is 2.10. The zero-order valence-electron chi connectivity index (χ0n) is 4.92. The van der Waals surface area contributed by atoms with E-state index < -0.39 is 0 Å². The predicted octanol–water partition coefficient (Wildman–Crippen LogP) is 1.69. The molecule has 0 amide bonds. The maximum absolute atomic E-state index is 10.1. The van der Waals surface area contributed by atoms with E-state index >= 15 is 0 Å². The highest BCUT2D eigenvalue weighted by atomic mass is 32.1. The van der Waals surface area contributed by atoms with E-state index in [1.54, 1.807) is 13.0 Å². The fourth-order valence-corrected chi connectivity index (χ4v) is 0.888. The molecule has 0 aliphatic carbocycles. The third-order valence-electron chi connectivity index (χ3n) is 1.05. The lowest BCUT2D eigenvalue weighted by Gasteiger charge is -1.79. The summed E-state index contributed by atoms with van der Waals surface area (Å²) in [6, 6.07) is 1.70. The zero-order valence-corrected chi connectivity index (χ0v) is 5.81. The van der Waals surface area contributed by atoms with E-state index in [-0.39, 0.29) is 0 Å². The minimum absolute atomic E-state index is 0.361. The van der Waals surface area contributed by atoms with Crippen LogP contribution >= 0.6 is 12.6 Å². The average molecular weight is 142 g/mol. The summed E-state index contributed by atoms with van der Waals surface area (Å²) in [5, 5.41) is 0.481. The summed E-state index contributed by atoms with van der Waals surface area (Å²) in [5.74, 6) is 0.361. The second kappa shape index (κ2) is 2.27. The van der Waals surface area contributed by atoms with E-state index in [4.69, 9.17) is 4.42 Å². The summed E-state index contributed by atoms with van der Waals surface area (Å²) < 4.78 is 4.86. The minimum Gasteiger partial charge on any atom is -0.447 e. The lowest BCUT2D eigenvalue weighted by Crippen LogP contribution is -1.74. The number of aryl methyl sites for hydroxylation is 1. The minimum atomic E-state index is 0.361. The molecule has 9 heavy (non-hydrogen) atoms. The Morgan fingerprint density at radius 1 is 1.78 bits per heavy atom. The number of rotatable bonds is 1. The highest BCUT2D eigenvalue weighted by Crippen LogP contribution is 2.14. The molecule has 2 nitrogen and oxygen atoms in total. The summed E-state index contributed by atoms with van der Waals surface area (Å²) >= 11 is 3.90. The molecule has 0 N–H and O–H groups in total. The number of aldehydes is 1. The van der Waals surface area contributed by atoms with E-state index in [0.717, 1.165) is 5.56 Å². The fourth-order valence-electron chi connectivity index (χ4n) is 0.596. The molecule has 0 fully saturated rings. The van der Waals surface area contributed by atoms with Crippen molar-refractivity contribution in [1.82, 2.24) is 0 Å². The monoisotopic (exact) mass is 142 g/mol. The van der Waals surface area contributed by atoms with Crippen LogP contribution in [0.15, 0.2) is 15.6 Å². The maximum atomic E-state index is 10.1. The van der Waals surface area contributed by atoms with Crippen molar-refractivity contribution >= 4 is 18.9 Å². The topological polar surface area (TPSA) is 30.2 Å². The van der Waals surface area contributed by atoms with Gasteiger partial charge in [-0.3, -0.25) is 4.79 Å². The molecule has 0 aliphatic heterocycles. The quantitative estimate of drug-likeness (QED) is 0.477. The zero-order chi connectivity index (χ0) is 6.85. The smallest absolute Gasteiger partial charge is 0.185 e. The van der Waals surface area contributed by atoms with Gasteiger partial charge in [0.1, 0.15) is 0 Å². The van der Waals surface area contributed by atoms with E-state index in [9.17, 15) is 4.79 Å². The third-order valence-corrected chi connectivity index (χ3v) is 1.27. The van der Waals surface area contributed by atoms with Gasteiger partial charge in [-0.05, 0) is 18.6 Å². The first-order valence-electron chi connectivity index (χ1n) is 2.48. The first-order valence-corrected chi connectivity index (χ1v) is 2.93. The Bertz CT molecular complexity index is 227. The van der Waals surface area contributed by atoms with Gasteiger partial charge in [0.25, 0.3) is 0 Å². The van der Waals surface area contributed by atoms with Crippen molar-refractivity contribution in [3.8, 4) is 0 Å². The molecule has 1 aromatic heterocycles. The van der Waals surface area contributed by atoms with Crippen molar-refractivity contribution in [2.45, 2.75) is 12.0 Å². The van der Waals surface area contributed by atoms with Gasteiger partial charge in [0.15, 0.2) is 17.1 Å². The largest absolute Gasteiger partial charge is 0.447 e. The van der Waals surface area contributed by atoms with Crippen LogP contribution in [-0.2, 0) is 0 Å². The van der Waals surface area contributed by atoms with Gasteiger partial charge in [-0.25, -0.2) is 0 Å². The predicted molar refractivity (Wildman–Crippen MR) is 36.1 cm³/mol. The number of thiol groups is 1. The van der Waals surface area contributed by atoms with E-state index in [1.807, 2.05) is 0 Å². The summed E-state index contributed by atoms with van der Waals surface area (Å²) in [4.78, 5) is 10.1. The summed E-state index contributed by atoms with van der Waals surface area (Å²) in [7, 11) is 0. The molecule has 0 saturated heterocycles. The van der Waals surface area contributed by atoms with Crippen LogP contribution in [0.25, 0.3) is 0 Å². The Morgan fingerprint density at radius 2 is 2.44 bits per heavy atom. The number of furan rings is 1. The van der Waals surface area contributed by atoms with Crippen molar-refractivity contribution in [3.05, 3.63) is 17.4 Å². The van der Waals surface area contributed by atoms with Crippen molar-refractivity contribution in [1.29, 1.82) is 0 Å². The molecule has 1 rings (SSSR count). The molecule has 0 aliphatic rings. The van der Waals surface area contributed by atoms with Gasteiger partial charge in [0.2, 0.25) is 0 Å². The number of carbonyl (C=O) groups excluding carboxylic acids is 1. The first kappa shape index (κ1) is 6.42. The molecule has 0 atom stereocenters. The van der Waals surface area contributed by atoms with Crippen LogP contribution in [0.3, 0.4) is 0 Å². The lowest BCUT2D eigenvalue weighted by molar-refractivity contribution is 0.109.